The second kappa shape index (κ2) is 5.32. The lowest BCUT2D eigenvalue weighted by Crippen LogP contribution is -2.31. The number of hydrogen-bond donors (Lipinski definition) is 1. The highest BCUT2D eigenvalue weighted by Crippen LogP contribution is 2.11. The maximum atomic E-state index is 3.61. The predicted octanol–water partition coefficient (Wildman–Crippen LogP) is 2.99. The van der Waals surface area contributed by atoms with Crippen LogP contribution in [0.25, 0.3) is 0 Å². The Balaban J connectivity index is 1.65. The van der Waals surface area contributed by atoms with E-state index in [1.165, 1.54) is 31.2 Å². The summed E-state index contributed by atoms with van der Waals surface area (Å²) in [7, 11) is 0. The first-order valence-corrected chi connectivity index (χ1v) is 6.29. The highest BCUT2D eigenvalue weighted by atomic mass is 32.1. The van der Waals surface area contributed by atoms with Gasteiger partial charge in [0.25, 0.3) is 0 Å². The van der Waals surface area contributed by atoms with Crippen molar-refractivity contribution in [1.29, 1.82) is 0 Å². The van der Waals surface area contributed by atoms with Crippen LogP contribution in [-0.2, 0) is 6.42 Å². The molecule has 1 heterocycles. The first kappa shape index (κ1) is 9.94. The Morgan fingerprint density at radius 3 is 3.14 bits per heavy atom. The summed E-state index contributed by atoms with van der Waals surface area (Å²) in [6, 6.07) is 2.94. The molecule has 0 bridgehead atoms. The molecule has 0 fully saturated rings. The molecule has 14 heavy (non-hydrogen) atoms. The fourth-order valence-corrected chi connectivity index (χ4v) is 2.54. The van der Waals surface area contributed by atoms with Gasteiger partial charge in [-0.3, -0.25) is 0 Å². The quantitative estimate of drug-likeness (QED) is 0.748. The van der Waals surface area contributed by atoms with Crippen molar-refractivity contribution in [3.63, 3.8) is 0 Å². The molecular formula is C12H17NS. The van der Waals surface area contributed by atoms with Crippen molar-refractivity contribution in [2.45, 2.75) is 31.7 Å². The zero-order chi connectivity index (χ0) is 9.64. The maximum Gasteiger partial charge on any atom is 0.0105 e. The number of nitrogens with one attached hydrogen (secondary N) is 1. The molecule has 1 aromatic heterocycles. The molecule has 0 amide bonds. The Hall–Kier alpha value is -0.600. The zero-order valence-corrected chi connectivity index (χ0v) is 9.22. The van der Waals surface area contributed by atoms with Crippen molar-refractivity contribution < 1.29 is 0 Å². The highest BCUT2D eigenvalue weighted by Gasteiger charge is 2.07. The third-order valence-electron chi connectivity index (χ3n) is 2.70. The molecular weight excluding hydrogens is 190 g/mol. The Bertz CT molecular complexity index is 277. The molecule has 0 aromatic carbocycles. The molecule has 1 aliphatic carbocycles. The average Bonchev–Trinajstić information content (AvgIpc) is 2.72. The van der Waals surface area contributed by atoms with Gasteiger partial charge < -0.3 is 5.32 Å². The van der Waals surface area contributed by atoms with Crippen LogP contribution in [-0.4, -0.2) is 12.6 Å². The first-order chi connectivity index (χ1) is 6.95. The Morgan fingerprint density at radius 1 is 1.43 bits per heavy atom. The van der Waals surface area contributed by atoms with E-state index in [-0.39, 0.29) is 0 Å². The second-order valence-corrected chi connectivity index (χ2v) is 4.60. The molecule has 0 aliphatic heterocycles. The Kier molecular flexibility index (Phi) is 3.78. The van der Waals surface area contributed by atoms with Gasteiger partial charge in [0.15, 0.2) is 0 Å². The largest absolute Gasteiger partial charge is 0.313 e. The van der Waals surface area contributed by atoms with E-state index in [2.05, 4.69) is 34.3 Å². The van der Waals surface area contributed by atoms with E-state index >= 15 is 0 Å². The van der Waals surface area contributed by atoms with Gasteiger partial charge in [-0.15, -0.1) is 0 Å². The fraction of sp³-hybridized carbons (Fsp3) is 0.500. The Labute approximate surface area is 89.8 Å². The molecule has 0 spiro atoms. The lowest BCUT2D eigenvalue weighted by molar-refractivity contribution is 0.478. The maximum absolute atomic E-state index is 3.61. The summed E-state index contributed by atoms with van der Waals surface area (Å²) in [5, 5.41) is 8.00. The molecule has 1 atom stereocenters. The van der Waals surface area contributed by atoms with Crippen LogP contribution in [0.1, 0.15) is 24.8 Å². The molecule has 0 saturated heterocycles. The van der Waals surface area contributed by atoms with Crippen LogP contribution in [0, 0.1) is 0 Å². The van der Waals surface area contributed by atoms with Gasteiger partial charge in [0.05, 0.1) is 0 Å². The Morgan fingerprint density at radius 2 is 2.43 bits per heavy atom. The number of allylic oxidation sites excluding steroid dienone is 1. The van der Waals surface area contributed by atoms with Crippen LogP contribution in [0.4, 0.5) is 0 Å². The average molecular weight is 207 g/mol. The van der Waals surface area contributed by atoms with Crippen molar-refractivity contribution in [3.8, 4) is 0 Å². The number of hydrogen-bond acceptors (Lipinski definition) is 2. The highest BCUT2D eigenvalue weighted by molar-refractivity contribution is 7.07. The predicted molar refractivity (Wildman–Crippen MR) is 62.8 cm³/mol. The van der Waals surface area contributed by atoms with Crippen LogP contribution in [0.15, 0.2) is 29.0 Å². The van der Waals surface area contributed by atoms with E-state index < -0.39 is 0 Å². The lowest BCUT2D eigenvalue weighted by atomic mass is 10.0. The summed E-state index contributed by atoms with van der Waals surface area (Å²) >= 11 is 1.79. The SMILES string of the molecule is C1=CCC(NCCc2ccsc2)CC1. The molecule has 0 saturated carbocycles. The lowest BCUT2D eigenvalue weighted by Gasteiger charge is -2.19. The minimum atomic E-state index is 0.721. The van der Waals surface area contributed by atoms with Crippen LogP contribution in [0.3, 0.4) is 0 Å². The van der Waals surface area contributed by atoms with Gasteiger partial charge in [-0.1, -0.05) is 12.2 Å². The van der Waals surface area contributed by atoms with Gasteiger partial charge in [0.2, 0.25) is 0 Å². The summed E-state index contributed by atoms with van der Waals surface area (Å²) in [6.45, 7) is 1.12. The van der Waals surface area contributed by atoms with E-state index in [9.17, 15) is 0 Å². The van der Waals surface area contributed by atoms with Crippen molar-refractivity contribution in [2.75, 3.05) is 6.54 Å². The van der Waals surface area contributed by atoms with Crippen LogP contribution in [0.2, 0.25) is 0 Å². The molecule has 2 heteroatoms. The van der Waals surface area contributed by atoms with Crippen LogP contribution < -0.4 is 5.32 Å². The van der Waals surface area contributed by atoms with Gasteiger partial charge in [-0.25, -0.2) is 0 Å². The van der Waals surface area contributed by atoms with E-state index in [1.54, 1.807) is 11.3 Å². The molecule has 1 aromatic rings. The summed E-state index contributed by atoms with van der Waals surface area (Å²) in [5.41, 5.74) is 1.47. The number of rotatable bonds is 4. The fourth-order valence-electron chi connectivity index (χ4n) is 1.83. The molecule has 0 radical (unpaired) electrons. The third-order valence-corrected chi connectivity index (χ3v) is 3.43. The van der Waals surface area contributed by atoms with Crippen LogP contribution in [0.5, 0.6) is 0 Å². The minimum Gasteiger partial charge on any atom is -0.313 e. The van der Waals surface area contributed by atoms with Gasteiger partial charge >= 0.3 is 0 Å². The van der Waals surface area contributed by atoms with E-state index in [0.717, 1.165) is 12.6 Å². The van der Waals surface area contributed by atoms with Gasteiger partial charge in [-0.2, -0.15) is 11.3 Å². The van der Waals surface area contributed by atoms with Crippen molar-refractivity contribution in [3.05, 3.63) is 34.5 Å². The molecule has 1 aliphatic rings. The van der Waals surface area contributed by atoms with E-state index in [1.807, 2.05) is 0 Å². The van der Waals surface area contributed by atoms with Gasteiger partial charge in [0, 0.05) is 6.04 Å². The third kappa shape index (κ3) is 2.96. The standard InChI is InChI=1S/C12H17NS/c1-2-4-12(5-3-1)13-8-6-11-7-9-14-10-11/h1-2,7,9-10,12-13H,3-6,8H2. The van der Waals surface area contributed by atoms with Crippen LogP contribution >= 0.6 is 11.3 Å². The molecule has 2 rings (SSSR count). The minimum absolute atomic E-state index is 0.721. The van der Waals surface area contributed by atoms with E-state index in [4.69, 9.17) is 0 Å². The summed E-state index contributed by atoms with van der Waals surface area (Å²) < 4.78 is 0. The van der Waals surface area contributed by atoms with Crippen molar-refractivity contribution in [1.82, 2.24) is 5.32 Å². The van der Waals surface area contributed by atoms with Gasteiger partial charge in [-0.05, 0) is 54.6 Å². The van der Waals surface area contributed by atoms with Crippen molar-refractivity contribution in [2.24, 2.45) is 0 Å². The zero-order valence-electron chi connectivity index (χ0n) is 8.41. The second-order valence-electron chi connectivity index (χ2n) is 3.82. The van der Waals surface area contributed by atoms with Crippen molar-refractivity contribution >= 4 is 11.3 Å². The monoisotopic (exact) mass is 207 g/mol. The topological polar surface area (TPSA) is 12.0 Å². The van der Waals surface area contributed by atoms with E-state index in [0.29, 0.717) is 0 Å². The normalized spacial score (nSPS) is 21.3. The molecule has 76 valence electrons. The molecule has 1 unspecified atom stereocenters. The number of thiophene rings is 1. The smallest absolute Gasteiger partial charge is 0.0105 e. The summed E-state index contributed by atoms with van der Waals surface area (Å²) in [6.07, 6.45) is 9.52. The van der Waals surface area contributed by atoms with Gasteiger partial charge in [0.1, 0.15) is 0 Å². The summed E-state index contributed by atoms with van der Waals surface area (Å²) in [4.78, 5) is 0. The molecule has 1 nitrogen and oxygen atoms in total. The summed E-state index contributed by atoms with van der Waals surface area (Å²) in [5.74, 6) is 0. The first-order valence-electron chi connectivity index (χ1n) is 5.34. The molecule has 1 N–H and O–H groups in total.